The minimum Gasteiger partial charge on any atom is -0.384 e. The predicted molar refractivity (Wildman–Crippen MR) is 56.5 cm³/mol. The smallest absolute Gasteiger partial charge is 0.104 e. The molecule has 0 saturated carbocycles. The van der Waals surface area contributed by atoms with E-state index in [9.17, 15) is 0 Å². The molecule has 2 unspecified atom stereocenters. The monoisotopic (exact) mass is 198 g/mol. The molecule has 1 rings (SSSR count). The number of aliphatic hydroxyl groups is 1. The molecular formula is C10H18O2Si. The molecular weight excluding hydrogens is 180 g/mol. The molecule has 1 aliphatic rings. The lowest BCUT2D eigenvalue weighted by molar-refractivity contribution is -0.0373. The van der Waals surface area contributed by atoms with Crippen molar-refractivity contribution in [1.29, 1.82) is 0 Å². The second-order valence-electron chi connectivity index (χ2n) is 3.82. The minimum absolute atomic E-state index is 0.0397. The summed E-state index contributed by atoms with van der Waals surface area (Å²) in [5.74, 6) is 6.04. The van der Waals surface area contributed by atoms with E-state index in [1.807, 2.05) is 0 Å². The van der Waals surface area contributed by atoms with Crippen LogP contribution in [0.5, 0.6) is 0 Å². The number of ether oxygens (including phenoxy) is 1. The fraction of sp³-hybridized carbons (Fsp3) is 0.800. The third-order valence-electron chi connectivity index (χ3n) is 2.81. The van der Waals surface area contributed by atoms with Gasteiger partial charge in [-0.3, -0.25) is 0 Å². The van der Waals surface area contributed by atoms with Crippen molar-refractivity contribution in [3.63, 3.8) is 0 Å². The first-order chi connectivity index (χ1) is 6.19. The van der Waals surface area contributed by atoms with Gasteiger partial charge >= 0.3 is 0 Å². The second kappa shape index (κ2) is 4.80. The fourth-order valence-electron chi connectivity index (χ4n) is 1.65. The second-order valence-corrected chi connectivity index (χ2v) is 5.51. The van der Waals surface area contributed by atoms with E-state index in [4.69, 9.17) is 9.84 Å². The van der Waals surface area contributed by atoms with E-state index < -0.39 is 0 Å². The van der Waals surface area contributed by atoms with Gasteiger partial charge in [-0.15, -0.1) is 0 Å². The maximum Gasteiger partial charge on any atom is 0.104 e. The van der Waals surface area contributed by atoms with E-state index >= 15 is 0 Å². The molecule has 0 spiro atoms. The lowest BCUT2D eigenvalue weighted by Crippen LogP contribution is -2.42. The number of hydrogen-bond acceptors (Lipinski definition) is 2. The van der Waals surface area contributed by atoms with E-state index in [1.54, 1.807) is 0 Å². The average Bonchev–Trinajstić information content (AvgIpc) is 2.15. The molecule has 74 valence electrons. The van der Waals surface area contributed by atoms with Gasteiger partial charge in [-0.25, -0.2) is 0 Å². The Morgan fingerprint density at radius 3 is 2.92 bits per heavy atom. The summed E-state index contributed by atoms with van der Waals surface area (Å²) in [4.78, 5) is 0. The zero-order chi connectivity index (χ0) is 9.73. The summed E-state index contributed by atoms with van der Waals surface area (Å²) in [5, 5.41) is 8.64. The van der Waals surface area contributed by atoms with Crippen LogP contribution in [0.1, 0.15) is 26.2 Å². The van der Waals surface area contributed by atoms with Crippen LogP contribution >= 0.6 is 0 Å². The maximum atomic E-state index is 8.59. The van der Waals surface area contributed by atoms with E-state index in [0.717, 1.165) is 23.3 Å². The summed E-state index contributed by atoms with van der Waals surface area (Å²) < 4.78 is 5.80. The van der Waals surface area contributed by atoms with E-state index in [0.29, 0.717) is 0 Å². The summed E-state index contributed by atoms with van der Waals surface area (Å²) in [5.41, 5.74) is 0. The van der Waals surface area contributed by atoms with Gasteiger partial charge in [0.05, 0.1) is 5.22 Å². The molecule has 0 radical (unpaired) electrons. The van der Waals surface area contributed by atoms with Crippen LogP contribution in [-0.2, 0) is 4.74 Å². The molecule has 0 aromatic carbocycles. The van der Waals surface area contributed by atoms with Gasteiger partial charge in [0.1, 0.15) is 6.61 Å². The lowest BCUT2D eigenvalue weighted by atomic mass is 9.96. The molecule has 1 fully saturated rings. The van der Waals surface area contributed by atoms with Crippen LogP contribution in [-0.4, -0.2) is 33.8 Å². The highest BCUT2D eigenvalue weighted by Crippen LogP contribution is 2.28. The highest BCUT2D eigenvalue weighted by Gasteiger charge is 2.32. The number of rotatable bonds is 1. The largest absolute Gasteiger partial charge is 0.384 e. The molecule has 0 amide bonds. The summed E-state index contributed by atoms with van der Waals surface area (Å²) in [6, 6.07) is 0. The van der Waals surface area contributed by atoms with Gasteiger partial charge in [0.25, 0.3) is 0 Å². The molecule has 0 aromatic rings. The van der Waals surface area contributed by atoms with E-state index in [1.165, 1.54) is 12.8 Å². The number of hydrogen-bond donors (Lipinski definition) is 1. The SMILES string of the molecule is CC(C#CCO)C1([SiH3])CCCCO1. The van der Waals surface area contributed by atoms with Crippen LogP contribution < -0.4 is 0 Å². The van der Waals surface area contributed by atoms with Gasteiger partial charge in [0.2, 0.25) is 0 Å². The first kappa shape index (κ1) is 10.8. The van der Waals surface area contributed by atoms with Crippen molar-refractivity contribution in [2.24, 2.45) is 5.92 Å². The Kier molecular flexibility index (Phi) is 3.98. The molecule has 1 saturated heterocycles. The maximum absolute atomic E-state index is 8.59. The van der Waals surface area contributed by atoms with E-state index in [-0.39, 0.29) is 17.7 Å². The minimum atomic E-state index is -0.0397. The third kappa shape index (κ3) is 2.83. The van der Waals surface area contributed by atoms with Gasteiger partial charge in [-0.1, -0.05) is 11.8 Å². The first-order valence-corrected chi connectivity index (χ1v) is 5.92. The Labute approximate surface area is 83.1 Å². The standard InChI is InChI=1S/C10H18O2Si/c1-9(5-4-7-11)10(13)6-2-3-8-12-10/h9,11H,2-3,6-8H2,1,13H3. The third-order valence-corrected chi connectivity index (χ3v) is 4.47. The Morgan fingerprint density at radius 2 is 2.38 bits per heavy atom. The van der Waals surface area contributed by atoms with Crippen LogP contribution in [0.2, 0.25) is 0 Å². The van der Waals surface area contributed by atoms with Crippen molar-refractivity contribution in [2.45, 2.75) is 31.4 Å². The normalized spacial score (nSPS) is 30.6. The Hall–Kier alpha value is -0.303. The Bertz CT molecular complexity index is 211. The van der Waals surface area contributed by atoms with Crippen molar-refractivity contribution >= 4 is 10.2 Å². The molecule has 2 nitrogen and oxygen atoms in total. The Morgan fingerprint density at radius 1 is 1.62 bits per heavy atom. The highest BCUT2D eigenvalue weighted by molar-refractivity contribution is 6.15. The molecule has 0 aromatic heterocycles. The van der Waals surface area contributed by atoms with Crippen LogP contribution in [0.15, 0.2) is 0 Å². The van der Waals surface area contributed by atoms with Gasteiger partial charge < -0.3 is 9.84 Å². The molecule has 1 N–H and O–H groups in total. The average molecular weight is 198 g/mol. The summed E-state index contributed by atoms with van der Waals surface area (Å²) >= 11 is 0. The van der Waals surface area contributed by atoms with Gasteiger partial charge in [0, 0.05) is 22.8 Å². The highest BCUT2D eigenvalue weighted by atomic mass is 28.1. The molecule has 1 aliphatic heterocycles. The molecule has 0 bridgehead atoms. The Balaban J connectivity index is 2.56. The summed E-state index contributed by atoms with van der Waals surface area (Å²) in [6.45, 7) is 2.94. The van der Waals surface area contributed by atoms with E-state index in [2.05, 4.69) is 18.8 Å². The lowest BCUT2D eigenvalue weighted by Gasteiger charge is -2.37. The molecule has 2 atom stereocenters. The zero-order valence-electron chi connectivity index (χ0n) is 8.47. The fourth-order valence-corrected chi connectivity index (χ4v) is 2.35. The van der Waals surface area contributed by atoms with Crippen molar-refractivity contribution in [1.82, 2.24) is 0 Å². The quantitative estimate of drug-likeness (QED) is 0.470. The van der Waals surface area contributed by atoms with Crippen LogP contribution in [0, 0.1) is 17.8 Å². The zero-order valence-corrected chi connectivity index (χ0v) is 10.5. The van der Waals surface area contributed by atoms with Crippen molar-refractivity contribution in [2.75, 3.05) is 13.2 Å². The van der Waals surface area contributed by atoms with Crippen molar-refractivity contribution in [3.05, 3.63) is 0 Å². The summed E-state index contributed by atoms with van der Waals surface area (Å²) in [7, 11) is 1.02. The van der Waals surface area contributed by atoms with Gasteiger partial charge in [-0.2, -0.15) is 0 Å². The number of aliphatic hydroxyl groups excluding tert-OH is 1. The first-order valence-electron chi connectivity index (χ1n) is 4.92. The molecule has 0 aliphatic carbocycles. The van der Waals surface area contributed by atoms with Crippen LogP contribution in [0.25, 0.3) is 0 Å². The van der Waals surface area contributed by atoms with Crippen LogP contribution in [0.4, 0.5) is 0 Å². The molecule has 13 heavy (non-hydrogen) atoms. The predicted octanol–water partition coefficient (Wildman–Crippen LogP) is -0.120. The molecule has 3 heteroatoms. The molecule has 1 heterocycles. The van der Waals surface area contributed by atoms with Gasteiger partial charge in [0.15, 0.2) is 0 Å². The van der Waals surface area contributed by atoms with Crippen molar-refractivity contribution in [3.8, 4) is 11.8 Å². The van der Waals surface area contributed by atoms with Gasteiger partial charge in [-0.05, 0) is 26.2 Å². The topological polar surface area (TPSA) is 29.5 Å². The summed E-state index contributed by atoms with van der Waals surface area (Å²) in [6.07, 6.45) is 3.58. The van der Waals surface area contributed by atoms with Crippen LogP contribution in [0.3, 0.4) is 0 Å². The van der Waals surface area contributed by atoms with Crippen molar-refractivity contribution < 1.29 is 9.84 Å².